The number of aromatic hydroxyl groups is 1. The van der Waals surface area contributed by atoms with Gasteiger partial charge in [0, 0.05) is 31.9 Å². The summed E-state index contributed by atoms with van der Waals surface area (Å²) in [4.78, 5) is 0. The fourth-order valence-corrected chi connectivity index (χ4v) is 2.00. The van der Waals surface area contributed by atoms with Gasteiger partial charge in [-0.05, 0) is 19.9 Å². The van der Waals surface area contributed by atoms with Gasteiger partial charge in [-0.15, -0.1) is 0 Å². The first-order valence-electron chi connectivity index (χ1n) is 6.80. The van der Waals surface area contributed by atoms with Crippen LogP contribution in [0.1, 0.15) is 19.4 Å². The van der Waals surface area contributed by atoms with Crippen molar-refractivity contribution in [2.24, 2.45) is 0 Å². The molecule has 1 aromatic carbocycles. The molecule has 2 rings (SSSR count). The average molecular weight is 283 g/mol. The van der Waals surface area contributed by atoms with Crippen molar-refractivity contribution in [1.29, 1.82) is 0 Å². The van der Waals surface area contributed by atoms with E-state index in [0.29, 0.717) is 37.8 Å². The zero-order valence-corrected chi connectivity index (χ0v) is 11.8. The molecule has 0 aliphatic carbocycles. The number of benzene rings is 1. The largest absolute Gasteiger partial charge is 0.504 e. The molecule has 0 spiro atoms. The maximum absolute atomic E-state index is 10.1. The predicted octanol–water partition coefficient (Wildman–Crippen LogP) is 1.61. The summed E-state index contributed by atoms with van der Waals surface area (Å²) in [5.74, 6) is 1.11. The molecule has 0 fully saturated rings. The highest BCUT2D eigenvalue weighted by Crippen LogP contribution is 2.42. The summed E-state index contributed by atoms with van der Waals surface area (Å²) in [5.41, 5.74) is 0.751. The second-order valence-electron chi connectivity index (χ2n) is 4.28. The summed E-state index contributed by atoms with van der Waals surface area (Å²) in [6.07, 6.45) is -0.277. The number of fused-ring (bicyclic) bond motifs is 1. The van der Waals surface area contributed by atoms with Crippen molar-refractivity contribution in [3.63, 3.8) is 0 Å². The van der Waals surface area contributed by atoms with Crippen LogP contribution in [0.3, 0.4) is 0 Å². The number of phenolic OH excluding ortho intramolecular Hbond substituents is 1. The third kappa shape index (κ3) is 3.53. The molecule has 1 aliphatic rings. The van der Waals surface area contributed by atoms with Crippen LogP contribution < -0.4 is 14.8 Å². The van der Waals surface area contributed by atoms with Crippen LogP contribution in [0.2, 0.25) is 0 Å². The molecule has 1 heterocycles. The maximum Gasteiger partial charge on any atom is 0.231 e. The first kappa shape index (κ1) is 14.9. The molecule has 2 N–H and O–H groups in total. The Morgan fingerprint density at radius 1 is 1.25 bits per heavy atom. The van der Waals surface area contributed by atoms with E-state index in [1.807, 2.05) is 19.9 Å². The molecule has 0 unspecified atom stereocenters. The van der Waals surface area contributed by atoms with Crippen molar-refractivity contribution >= 4 is 0 Å². The summed E-state index contributed by atoms with van der Waals surface area (Å²) in [6.45, 7) is 6.25. The van der Waals surface area contributed by atoms with Gasteiger partial charge in [0.25, 0.3) is 0 Å². The van der Waals surface area contributed by atoms with Crippen LogP contribution in [-0.4, -0.2) is 37.9 Å². The molecule has 0 saturated carbocycles. The van der Waals surface area contributed by atoms with E-state index in [1.165, 1.54) is 0 Å². The highest BCUT2D eigenvalue weighted by atomic mass is 16.7. The molecule has 0 aromatic heterocycles. The molecule has 0 radical (unpaired) electrons. The fraction of sp³-hybridized carbons (Fsp3) is 0.571. The summed E-state index contributed by atoms with van der Waals surface area (Å²) in [6, 6.07) is 3.61. The minimum Gasteiger partial charge on any atom is -0.504 e. The highest BCUT2D eigenvalue weighted by Gasteiger charge is 2.20. The summed E-state index contributed by atoms with van der Waals surface area (Å²) in [7, 11) is 0. The van der Waals surface area contributed by atoms with E-state index in [0.717, 1.165) is 5.56 Å². The monoisotopic (exact) mass is 283 g/mol. The van der Waals surface area contributed by atoms with Crippen molar-refractivity contribution in [2.45, 2.75) is 26.7 Å². The standard InChI is InChI=1S/C14H21NO5/c1-3-17-12(18-4-2)8-15-7-10-5-6-11-14(13(10)16)20-9-19-11/h5-6,12,15-16H,3-4,7-9H2,1-2H3. The van der Waals surface area contributed by atoms with Crippen LogP contribution in [-0.2, 0) is 16.0 Å². The topological polar surface area (TPSA) is 69.2 Å². The number of ether oxygens (including phenoxy) is 4. The molecule has 6 heteroatoms. The van der Waals surface area contributed by atoms with Crippen molar-refractivity contribution < 1.29 is 24.1 Å². The lowest BCUT2D eigenvalue weighted by atomic mass is 10.1. The van der Waals surface area contributed by atoms with E-state index in [9.17, 15) is 5.11 Å². The van der Waals surface area contributed by atoms with Gasteiger partial charge in [-0.1, -0.05) is 6.07 Å². The molecular weight excluding hydrogens is 262 g/mol. The Labute approximate surface area is 118 Å². The van der Waals surface area contributed by atoms with E-state index in [4.69, 9.17) is 18.9 Å². The van der Waals surface area contributed by atoms with Crippen LogP contribution in [0, 0.1) is 0 Å². The number of nitrogens with one attached hydrogen (secondary N) is 1. The summed E-state index contributed by atoms with van der Waals surface area (Å²) < 4.78 is 21.3. The molecule has 0 amide bonds. The Morgan fingerprint density at radius 3 is 2.70 bits per heavy atom. The number of phenols is 1. The Balaban J connectivity index is 1.88. The average Bonchev–Trinajstić information content (AvgIpc) is 2.91. The van der Waals surface area contributed by atoms with Gasteiger partial charge in [-0.25, -0.2) is 0 Å². The van der Waals surface area contributed by atoms with Crippen LogP contribution in [0.4, 0.5) is 0 Å². The third-order valence-corrected chi connectivity index (χ3v) is 2.93. The van der Waals surface area contributed by atoms with Crippen LogP contribution >= 0.6 is 0 Å². The van der Waals surface area contributed by atoms with E-state index in [-0.39, 0.29) is 18.8 Å². The van der Waals surface area contributed by atoms with Crippen molar-refractivity contribution in [3.05, 3.63) is 17.7 Å². The number of rotatable bonds is 8. The van der Waals surface area contributed by atoms with Crippen molar-refractivity contribution in [3.8, 4) is 17.2 Å². The zero-order valence-electron chi connectivity index (χ0n) is 11.8. The van der Waals surface area contributed by atoms with Crippen LogP contribution in [0.5, 0.6) is 17.2 Å². The van der Waals surface area contributed by atoms with Gasteiger partial charge >= 0.3 is 0 Å². The minimum absolute atomic E-state index is 0.122. The SMILES string of the molecule is CCOC(CNCc1ccc2c(c1O)OCO2)OCC. The number of hydrogen-bond acceptors (Lipinski definition) is 6. The molecule has 0 atom stereocenters. The maximum atomic E-state index is 10.1. The molecule has 0 saturated heterocycles. The first-order valence-corrected chi connectivity index (χ1v) is 6.80. The van der Waals surface area contributed by atoms with Crippen LogP contribution in [0.25, 0.3) is 0 Å². The fourth-order valence-electron chi connectivity index (χ4n) is 2.00. The number of hydrogen-bond donors (Lipinski definition) is 2. The Kier molecular flexibility index (Phi) is 5.46. The molecule has 1 aromatic rings. The Morgan fingerprint density at radius 2 is 2.00 bits per heavy atom. The van der Waals surface area contributed by atoms with Gasteiger partial charge in [0.2, 0.25) is 12.5 Å². The molecule has 6 nitrogen and oxygen atoms in total. The highest BCUT2D eigenvalue weighted by molar-refractivity contribution is 5.55. The lowest BCUT2D eigenvalue weighted by Crippen LogP contribution is -2.31. The normalized spacial score (nSPS) is 13.2. The first-order chi connectivity index (χ1) is 9.76. The lowest BCUT2D eigenvalue weighted by Gasteiger charge is -2.17. The second-order valence-corrected chi connectivity index (χ2v) is 4.28. The van der Waals surface area contributed by atoms with E-state index >= 15 is 0 Å². The summed E-state index contributed by atoms with van der Waals surface area (Å²) in [5, 5.41) is 13.3. The predicted molar refractivity (Wildman–Crippen MR) is 73.0 cm³/mol. The van der Waals surface area contributed by atoms with E-state index < -0.39 is 0 Å². The van der Waals surface area contributed by atoms with Crippen molar-refractivity contribution in [2.75, 3.05) is 26.6 Å². The zero-order chi connectivity index (χ0) is 14.4. The van der Waals surface area contributed by atoms with Crippen molar-refractivity contribution in [1.82, 2.24) is 5.32 Å². The van der Waals surface area contributed by atoms with Gasteiger partial charge < -0.3 is 29.4 Å². The second kappa shape index (κ2) is 7.33. The summed E-state index contributed by atoms with van der Waals surface area (Å²) >= 11 is 0. The molecule has 0 bridgehead atoms. The molecular formula is C14H21NO5. The minimum atomic E-state index is -0.277. The van der Waals surface area contributed by atoms with Gasteiger partial charge in [0.1, 0.15) is 0 Å². The van der Waals surface area contributed by atoms with E-state index in [1.54, 1.807) is 6.07 Å². The van der Waals surface area contributed by atoms with Gasteiger partial charge in [0.05, 0.1) is 0 Å². The smallest absolute Gasteiger partial charge is 0.231 e. The van der Waals surface area contributed by atoms with Gasteiger partial charge in [-0.3, -0.25) is 0 Å². The Bertz CT molecular complexity index is 432. The third-order valence-electron chi connectivity index (χ3n) is 2.93. The Hall–Kier alpha value is -1.50. The molecule has 112 valence electrons. The lowest BCUT2D eigenvalue weighted by molar-refractivity contribution is -0.133. The molecule has 1 aliphatic heterocycles. The molecule has 20 heavy (non-hydrogen) atoms. The van der Waals surface area contributed by atoms with Crippen LogP contribution in [0.15, 0.2) is 12.1 Å². The van der Waals surface area contributed by atoms with E-state index in [2.05, 4.69) is 5.32 Å². The van der Waals surface area contributed by atoms with Gasteiger partial charge in [0.15, 0.2) is 17.8 Å². The quantitative estimate of drug-likeness (QED) is 0.706. The van der Waals surface area contributed by atoms with Gasteiger partial charge in [-0.2, -0.15) is 0 Å².